The van der Waals surface area contributed by atoms with E-state index in [1.54, 1.807) is 25.3 Å². The second kappa shape index (κ2) is 9.54. The maximum atomic E-state index is 13.7. The maximum Gasteiger partial charge on any atom is 0.192 e. The lowest BCUT2D eigenvalue weighted by Crippen LogP contribution is -2.38. The number of guanidine groups is 1. The van der Waals surface area contributed by atoms with Crippen molar-refractivity contribution < 1.29 is 8.81 Å². The average Bonchev–Trinajstić information content (AvgIpc) is 3.01. The van der Waals surface area contributed by atoms with Crippen molar-refractivity contribution in [3.05, 3.63) is 59.3 Å². The van der Waals surface area contributed by atoms with Crippen LogP contribution in [0.25, 0.3) is 0 Å². The summed E-state index contributed by atoms with van der Waals surface area (Å²) >= 11 is 0. The Morgan fingerprint density at radius 2 is 2.13 bits per heavy atom. The molecule has 0 saturated carbocycles. The van der Waals surface area contributed by atoms with Crippen molar-refractivity contribution in [1.82, 2.24) is 10.6 Å². The van der Waals surface area contributed by atoms with Crippen LogP contribution in [0.4, 0.5) is 4.39 Å². The van der Waals surface area contributed by atoms with Gasteiger partial charge < -0.3 is 15.1 Å². The third-order valence-corrected chi connectivity index (χ3v) is 3.37. The topological polar surface area (TPSA) is 49.6 Å². The normalized spacial score (nSPS) is 12.4. The van der Waals surface area contributed by atoms with Crippen LogP contribution >= 0.6 is 24.0 Å². The van der Waals surface area contributed by atoms with Gasteiger partial charge in [-0.15, -0.1) is 24.0 Å². The number of rotatable bonds is 5. The summed E-state index contributed by atoms with van der Waals surface area (Å²) in [7, 11) is 0. The second-order valence-electron chi connectivity index (χ2n) is 5.15. The van der Waals surface area contributed by atoms with E-state index in [9.17, 15) is 4.39 Å². The highest BCUT2D eigenvalue weighted by molar-refractivity contribution is 14.0. The lowest BCUT2D eigenvalue weighted by molar-refractivity contribution is 0.511. The molecule has 1 atom stereocenters. The molecule has 0 bridgehead atoms. The lowest BCUT2D eigenvalue weighted by Gasteiger charge is -2.18. The van der Waals surface area contributed by atoms with Gasteiger partial charge in [0.05, 0.1) is 12.3 Å². The van der Waals surface area contributed by atoms with Crippen LogP contribution in [-0.2, 0) is 6.54 Å². The van der Waals surface area contributed by atoms with E-state index >= 15 is 0 Å². The van der Waals surface area contributed by atoms with Gasteiger partial charge in [-0.1, -0.05) is 12.1 Å². The number of nitrogens with one attached hydrogen (secondary N) is 2. The number of halogens is 2. The third-order valence-electron chi connectivity index (χ3n) is 3.37. The number of benzene rings is 1. The Hall–Kier alpha value is -1.57. The summed E-state index contributed by atoms with van der Waals surface area (Å²) < 4.78 is 18.9. The van der Waals surface area contributed by atoms with Gasteiger partial charge in [-0.25, -0.2) is 9.38 Å². The highest BCUT2D eigenvalue weighted by Crippen LogP contribution is 2.16. The van der Waals surface area contributed by atoms with Crippen LogP contribution in [0.2, 0.25) is 0 Å². The van der Waals surface area contributed by atoms with Crippen molar-refractivity contribution in [3.8, 4) is 0 Å². The van der Waals surface area contributed by atoms with Crippen LogP contribution in [0, 0.1) is 12.7 Å². The number of furan rings is 1. The summed E-state index contributed by atoms with van der Waals surface area (Å²) in [5.74, 6) is 1.28. The van der Waals surface area contributed by atoms with Crippen LogP contribution in [0.5, 0.6) is 0 Å². The zero-order valence-electron chi connectivity index (χ0n) is 13.6. The summed E-state index contributed by atoms with van der Waals surface area (Å²) in [5, 5.41) is 6.45. The predicted molar refractivity (Wildman–Crippen MR) is 102 cm³/mol. The number of hydrogen-bond donors (Lipinski definition) is 2. The Labute approximate surface area is 153 Å². The first kappa shape index (κ1) is 19.5. The quantitative estimate of drug-likeness (QED) is 0.425. The van der Waals surface area contributed by atoms with Gasteiger partial charge in [0.1, 0.15) is 18.1 Å². The second-order valence-corrected chi connectivity index (χ2v) is 5.15. The van der Waals surface area contributed by atoms with Crippen molar-refractivity contribution in [1.29, 1.82) is 0 Å². The highest BCUT2D eigenvalue weighted by Gasteiger charge is 2.09. The molecule has 126 valence electrons. The molecule has 0 saturated heterocycles. The van der Waals surface area contributed by atoms with Gasteiger partial charge in [-0.2, -0.15) is 0 Å². The van der Waals surface area contributed by atoms with E-state index in [1.807, 2.05) is 32.0 Å². The first-order chi connectivity index (χ1) is 10.6. The van der Waals surface area contributed by atoms with E-state index in [1.165, 1.54) is 0 Å². The largest absolute Gasteiger partial charge is 0.467 e. The van der Waals surface area contributed by atoms with E-state index in [-0.39, 0.29) is 35.8 Å². The predicted octanol–water partition coefficient (Wildman–Crippen LogP) is 4.16. The van der Waals surface area contributed by atoms with Crippen LogP contribution in [0.15, 0.2) is 46.0 Å². The molecule has 1 heterocycles. The maximum absolute atomic E-state index is 13.7. The third kappa shape index (κ3) is 5.85. The van der Waals surface area contributed by atoms with Gasteiger partial charge in [-0.3, -0.25) is 0 Å². The fourth-order valence-corrected chi connectivity index (χ4v) is 2.05. The Bertz CT molecular complexity index is 629. The van der Waals surface area contributed by atoms with E-state index in [4.69, 9.17) is 4.42 Å². The van der Waals surface area contributed by atoms with Crippen molar-refractivity contribution >= 4 is 29.9 Å². The molecular weight excluding hydrogens is 408 g/mol. The summed E-state index contributed by atoms with van der Waals surface area (Å²) in [6, 6.07) is 8.93. The Morgan fingerprint density at radius 1 is 1.35 bits per heavy atom. The summed E-state index contributed by atoms with van der Waals surface area (Å²) in [6.45, 7) is 6.94. The Balaban J connectivity index is 0.00000264. The van der Waals surface area contributed by atoms with E-state index in [0.717, 1.165) is 17.9 Å². The molecule has 1 aromatic carbocycles. The highest BCUT2D eigenvalue weighted by atomic mass is 127. The fourth-order valence-electron chi connectivity index (χ4n) is 2.05. The Kier molecular flexibility index (Phi) is 8.08. The molecule has 1 aromatic heterocycles. The van der Waals surface area contributed by atoms with Gasteiger partial charge in [0.2, 0.25) is 0 Å². The standard InChI is InChI=1S/C17H22FN3O.HI/c1-4-19-17(20-11-15-6-5-9-22-15)21-13(3)14-8-7-12(2)16(18)10-14;/h5-10,13H,4,11H2,1-3H3,(H2,19,20,21);1H. The van der Waals surface area contributed by atoms with Crippen LogP contribution in [0.1, 0.15) is 36.8 Å². The van der Waals surface area contributed by atoms with E-state index in [2.05, 4.69) is 15.6 Å². The molecule has 0 amide bonds. The summed E-state index contributed by atoms with van der Waals surface area (Å²) in [6.07, 6.45) is 1.63. The van der Waals surface area contributed by atoms with E-state index in [0.29, 0.717) is 18.1 Å². The SMILES string of the molecule is CCNC(=NCc1ccco1)NC(C)c1ccc(C)c(F)c1.I. The number of hydrogen-bond acceptors (Lipinski definition) is 2. The smallest absolute Gasteiger partial charge is 0.192 e. The lowest BCUT2D eigenvalue weighted by atomic mass is 10.1. The molecule has 0 fully saturated rings. The zero-order chi connectivity index (χ0) is 15.9. The monoisotopic (exact) mass is 431 g/mol. The minimum absolute atomic E-state index is 0. The first-order valence-electron chi connectivity index (χ1n) is 7.43. The molecule has 1 unspecified atom stereocenters. The molecule has 6 heteroatoms. The van der Waals surface area contributed by atoms with E-state index < -0.39 is 0 Å². The van der Waals surface area contributed by atoms with Crippen molar-refractivity contribution in [3.63, 3.8) is 0 Å². The number of aryl methyl sites for hydroxylation is 1. The molecule has 0 spiro atoms. The molecule has 2 N–H and O–H groups in total. The minimum atomic E-state index is -0.191. The molecule has 0 aliphatic rings. The number of aliphatic imine (C=N–C) groups is 1. The zero-order valence-corrected chi connectivity index (χ0v) is 15.9. The molecule has 0 aliphatic heterocycles. The molecule has 4 nitrogen and oxygen atoms in total. The molecule has 0 aliphatic carbocycles. The van der Waals surface area contributed by atoms with Crippen molar-refractivity contribution in [2.75, 3.05) is 6.54 Å². The van der Waals surface area contributed by atoms with Gasteiger partial charge in [0.15, 0.2) is 5.96 Å². The van der Waals surface area contributed by atoms with Gasteiger partial charge in [-0.05, 0) is 50.1 Å². The van der Waals surface area contributed by atoms with Gasteiger partial charge >= 0.3 is 0 Å². The molecule has 2 aromatic rings. The molecule has 23 heavy (non-hydrogen) atoms. The Morgan fingerprint density at radius 3 is 2.74 bits per heavy atom. The van der Waals surface area contributed by atoms with Gasteiger partial charge in [0, 0.05) is 6.54 Å². The molecular formula is C17H23FIN3O. The minimum Gasteiger partial charge on any atom is -0.467 e. The molecule has 2 rings (SSSR count). The fraction of sp³-hybridized carbons (Fsp3) is 0.353. The number of nitrogens with zero attached hydrogens (tertiary/aromatic N) is 1. The van der Waals surface area contributed by atoms with Crippen LogP contribution in [-0.4, -0.2) is 12.5 Å². The first-order valence-corrected chi connectivity index (χ1v) is 7.43. The van der Waals surface area contributed by atoms with Crippen molar-refractivity contribution in [2.45, 2.75) is 33.4 Å². The van der Waals surface area contributed by atoms with Crippen LogP contribution < -0.4 is 10.6 Å². The van der Waals surface area contributed by atoms with Gasteiger partial charge in [0.25, 0.3) is 0 Å². The average molecular weight is 431 g/mol. The summed E-state index contributed by atoms with van der Waals surface area (Å²) in [4.78, 5) is 4.47. The summed E-state index contributed by atoms with van der Waals surface area (Å²) in [5.41, 5.74) is 1.53. The van der Waals surface area contributed by atoms with Crippen molar-refractivity contribution in [2.24, 2.45) is 4.99 Å². The molecule has 0 radical (unpaired) electrons. The van der Waals surface area contributed by atoms with Crippen LogP contribution in [0.3, 0.4) is 0 Å².